The van der Waals surface area contributed by atoms with Crippen LogP contribution in [-0.4, -0.2) is 35.3 Å². The highest BCUT2D eigenvalue weighted by Gasteiger charge is 2.20. The van der Waals surface area contributed by atoms with Gasteiger partial charge in [0, 0.05) is 24.3 Å². The number of thiocarbonyl (C=S) groups is 1. The summed E-state index contributed by atoms with van der Waals surface area (Å²) in [7, 11) is 3.33. The van der Waals surface area contributed by atoms with E-state index in [1.165, 1.54) is 38.5 Å². The van der Waals surface area contributed by atoms with Crippen LogP contribution < -0.4 is 14.8 Å². The maximum absolute atomic E-state index is 5.85. The van der Waals surface area contributed by atoms with E-state index < -0.39 is 0 Å². The molecule has 29 heavy (non-hydrogen) atoms. The van der Waals surface area contributed by atoms with E-state index in [2.05, 4.69) is 21.3 Å². The first-order valence-electron chi connectivity index (χ1n) is 10.4. The van der Waals surface area contributed by atoms with Gasteiger partial charge in [0.25, 0.3) is 0 Å². The number of hydrogen-bond acceptors (Lipinski definition) is 4. The van der Waals surface area contributed by atoms with E-state index in [-0.39, 0.29) is 0 Å². The third-order valence-corrected chi connectivity index (χ3v) is 5.77. The third-order valence-electron chi connectivity index (χ3n) is 5.39. The van der Waals surface area contributed by atoms with Gasteiger partial charge in [0.05, 0.1) is 26.5 Å². The molecule has 3 rings (SSSR count). The zero-order valence-corrected chi connectivity index (χ0v) is 18.2. The van der Waals surface area contributed by atoms with Gasteiger partial charge in [0.15, 0.2) is 16.6 Å². The third kappa shape index (κ3) is 6.07. The summed E-state index contributed by atoms with van der Waals surface area (Å²) in [5.74, 6) is 1.48. The van der Waals surface area contributed by atoms with Crippen molar-refractivity contribution in [1.82, 2.24) is 15.2 Å². The molecule has 0 saturated heterocycles. The van der Waals surface area contributed by atoms with Crippen molar-refractivity contribution in [2.45, 2.75) is 57.7 Å². The fraction of sp³-hybridized carbons (Fsp3) is 0.478. The molecule has 5 nitrogen and oxygen atoms in total. The summed E-state index contributed by atoms with van der Waals surface area (Å²) in [5, 5.41) is 4.39. The molecule has 0 atom stereocenters. The van der Waals surface area contributed by atoms with Crippen molar-refractivity contribution in [2.24, 2.45) is 0 Å². The Hall–Kier alpha value is -2.34. The van der Waals surface area contributed by atoms with Gasteiger partial charge in [-0.3, -0.25) is 4.98 Å². The molecule has 1 fully saturated rings. The minimum absolute atomic E-state index is 0.448. The molecule has 0 radical (unpaired) electrons. The predicted octanol–water partition coefficient (Wildman–Crippen LogP) is 4.70. The van der Waals surface area contributed by atoms with Gasteiger partial charge in [-0.05, 0) is 43.3 Å². The Morgan fingerprint density at radius 2 is 1.83 bits per heavy atom. The molecule has 2 aromatic rings. The van der Waals surface area contributed by atoms with Crippen LogP contribution in [0.15, 0.2) is 42.6 Å². The Kier molecular flexibility index (Phi) is 8.11. The first-order valence-corrected chi connectivity index (χ1v) is 10.8. The van der Waals surface area contributed by atoms with Crippen molar-refractivity contribution in [1.29, 1.82) is 0 Å². The molecule has 0 aliphatic heterocycles. The average molecular weight is 414 g/mol. The molecule has 0 amide bonds. The second-order valence-electron chi connectivity index (χ2n) is 7.47. The molecule has 156 valence electrons. The zero-order valence-electron chi connectivity index (χ0n) is 17.4. The lowest BCUT2D eigenvalue weighted by Gasteiger charge is -2.29. The van der Waals surface area contributed by atoms with Crippen LogP contribution in [0.4, 0.5) is 0 Å². The fourth-order valence-electron chi connectivity index (χ4n) is 3.86. The molecule has 1 heterocycles. The Bertz CT molecular complexity index is 777. The largest absolute Gasteiger partial charge is 0.493 e. The predicted molar refractivity (Wildman–Crippen MR) is 120 cm³/mol. The number of para-hydroxylation sites is 1. The zero-order chi connectivity index (χ0) is 20.5. The van der Waals surface area contributed by atoms with Gasteiger partial charge >= 0.3 is 0 Å². The van der Waals surface area contributed by atoms with Gasteiger partial charge in [-0.15, -0.1) is 0 Å². The molecule has 0 bridgehead atoms. The standard InChI is InChI=1S/C23H31N3O2S/c1-27-21-14-9-10-18(22(21)28-2)16-26(17-20-13-7-8-15-24-20)23(29)25-19-11-5-3-4-6-12-19/h7-10,13-15,19H,3-6,11-12,16-17H2,1-2H3,(H,25,29). The summed E-state index contributed by atoms with van der Waals surface area (Å²) >= 11 is 5.85. The van der Waals surface area contributed by atoms with E-state index in [0.717, 1.165) is 27.9 Å². The normalized spacial score (nSPS) is 14.7. The van der Waals surface area contributed by atoms with Gasteiger partial charge in [0.2, 0.25) is 0 Å². The monoisotopic (exact) mass is 413 g/mol. The minimum Gasteiger partial charge on any atom is -0.493 e. The van der Waals surface area contributed by atoms with Crippen LogP contribution in [0.1, 0.15) is 49.8 Å². The summed E-state index contributed by atoms with van der Waals surface area (Å²) in [5.41, 5.74) is 2.02. The Morgan fingerprint density at radius 3 is 2.48 bits per heavy atom. The molecular formula is C23H31N3O2S. The van der Waals surface area contributed by atoms with E-state index in [9.17, 15) is 0 Å². The lowest BCUT2D eigenvalue weighted by atomic mass is 10.1. The van der Waals surface area contributed by atoms with Gasteiger partial charge in [0.1, 0.15) is 0 Å². The number of hydrogen-bond donors (Lipinski definition) is 1. The van der Waals surface area contributed by atoms with Crippen LogP contribution >= 0.6 is 12.2 Å². The van der Waals surface area contributed by atoms with Crippen LogP contribution in [0, 0.1) is 0 Å². The van der Waals surface area contributed by atoms with E-state index >= 15 is 0 Å². The van der Waals surface area contributed by atoms with Crippen molar-refractivity contribution >= 4 is 17.3 Å². The molecule has 1 aliphatic rings. The summed E-state index contributed by atoms with van der Waals surface area (Å²) in [6.07, 6.45) is 9.36. The van der Waals surface area contributed by atoms with Crippen molar-refractivity contribution in [3.05, 3.63) is 53.9 Å². The van der Waals surface area contributed by atoms with Gasteiger partial charge < -0.3 is 19.7 Å². The van der Waals surface area contributed by atoms with Crippen LogP contribution in [0.2, 0.25) is 0 Å². The molecule has 0 spiro atoms. The number of pyridine rings is 1. The lowest BCUT2D eigenvalue weighted by Crippen LogP contribution is -2.44. The molecular weight excluding hydrogens is 382 g/mol. The summed E-state index contributed by atoms with van der Waals surface area (Å²) in [6, 6.07) is 12.4. The molecule has 1 N–H and O–H groups in total. The highest BCUT2D eigenvalue weighted by molar-refractivity contribution is 7.80. The van der Waals surface area contributed by atoms with Crippen LogP contribution in [0.5, 0.6) is 11.5 Å². The van der Waals surface area contributed by atoms with Gasteiger partial charge in [-0.2, -0.15) is 0 Å². The Morgan fingerprint density at radius 1 is 1.03 bits per heavy atom. The molecule has 1 saturated carbocycles. The van der Waals surface area contributed by atoms with Crippen LogP contribution in [0.25, 0.3) is 0 Å². The number of nitrogens with zero attached hydrogens (tertiary/aromatic N) is 2. The molecule has 0 unspecified atom stereocenters. The number of nitrogens with one attached hydrogen (secondary N) is 1. The number of methoxy groups -OCH3 is 2. The van der Waals surface area contributed by atoms with Crippen molar-refractivity contribution in [3.63, 3.8) is 0 Å². The van der Waals surface area contributed by atoms with Gasteiger partial charge in [-0.25, -0.2) is 0 Å². The number of aromatic nitrogens is 1. The summed E-state index contributed by atoms with van der Waals surface area (Å²) in [4.78, 5) is 6.66. The Labute approximate surface area is 179 Å². The second-order valence-corrected chi connectivity index (χ2v) is 7.85. The summed E-state index contributed by atoms with van der Waals surface area (Å²) in [6.45, 7) is 1.26. The number of benzene rings is 1. The summed E-state index contributed by atoms with van der Waals surface area (Å²) < 4.78 is 11.1. The topological polar surface area (TPSA) is 46.6 Å². The maximum atomic E-state index is 5.85. The van der Waals surface area contributed by atoms with E-state index in [4.69, 9.17) is 21.7 Å². The molecule has 1 aliphatic carbocycles. The minimum atomic E-state index is 0.448. The first kappa shape index (κ1) is 21.4. The van der Waals surface area contributed by atoms with Crippen molar-refractivity contribution in [2.75, 3.05) is 14.2 Å². The number of rotatable bonds is 7. The highest BCUT2D eigenvalue weighted by atomic mass is 32.1. The van der Waals surface area contributed by atoms with E-state index in [1.807, 2.05) is 36.5 Å². The quantitative estimate of drug-likeness (QED) is 0.524. The first-order chi connectivity index (χ1) is 14.2. The average Bonchev–Trinajstić information content (AvgIpc) is 3.02. The Balaban J connectivity index is 1.80. The van der Waals surface area contributed by atoms with Crippen molar-refractivity contribution < 1.29 is 9.47 Å². The van der Waals surface area contributed by atoms with Crippen LogP contribution in [-0.2, 0) is 13.1 Å². The van der Waals surface area contributed by atoms with E-state index in [0.29, 0.717) is 19.1 Å². The SMILES string of the molecule is COc1cccc(CN(Cc2ccccn2)C(=S)NC2CCCCCC2)c1OC. The smallest absolute Gasteiger partial charge is 0.169 e. The van der Waals surface area contributed by atoms with Crippen LogP contribution in [0.3, 0.4) is 0 Å². The van der Waals surface area contributed by atoms with E-state index in [1.54, 1.807) is 14.2 Å². The number of ether oxygens (including phenoxy) is 2. The highest BCUT2D eigenvalue weighted by Crippen LogP contribution is 2.32. The molecule has 1 aromatic heterocycles. The molecule has 6 heteroatoms. The van der Waals surface area contributed by atoms with Gasteiger partial charge in [-0.1, -0.05) is 43.9 Å². The fourth-order valence-corrected chi connectivity index (χ4v) is 4.16. The van der Waals surface area contributed by atoms with Crippen molar-refractivity contribution in [3.8, 4) is 11.5 Å². The maximum Gasteiger partial charge on any atom is 0.169 e. The lowest BCUT2D eigenvalue weighted by molar-refractivity contribution is 0.336. The second kappa shape index (κ2) is 11.0. The molecule has 1 aromatic carbocycles.